The molecule has 2 N–H and O–H groups in total. The van der Waals surface area contributed by atoms with Crippen LogP contribution in [0.2, 0.25) is 0 Å². The molecule has 19 heavy (non-hydrogen) atoms. The van der Waals surface area contributed by atoms with E-state index in [1.807, 2.05) is 0 Å². The molecule has 0 saturated carbocycles. The Morgan fingerprint density at radius 2 is 1.58 bits per heavy atom. The molecule has 2 aromatic carbocycles. The summed E-state index contributed by atoms with van der Waals surface area (Å²) in [6.07, 6.45) is 0.557. The minimum absolute atomic E-state index is 0.302. The molecule has 2 nitrogen and oxygen atoms in total. The first-order valence-corrected chi connectivity index (χ1v) is 6.49. The van der Waals surface area contributed by atoms with E-state index >= 15 is 0 Å². The second kappa shape index (κ2) is 6.12. The Labute approximate surface area is 118 Å². The molecule has 2 aromatic rings. The van der Waals surface area contributed by atoms with Gasteiger partial charge in [0.1, 0.15) is 23.1 Å². The normalized spacial score (nSPS) is 10.5. The Bertz CT molecular complexity index is 569. The van der Waals surface area contributed by atoms with E-state index in [0.29, 0.717) is 28.9 Å². The fraction of sp³-hybridized carbons (Fsp3) is 0.143. The molecule has 0 aliphatic carbocycles. The Balaban J connectivity index is 2.27. The second-order valence-corrected chi connectivity index (χ2v) is 4.96. The third-order valence-corrected chi connectivity index (χ3v) is 2.89. The Morgan fingerprint density at radius 3 is 2.21 bits per heavy atom. The Kier molecular flexibility index (Phi) is 4.50. The van der Waals surface area contributed by atoms with Gasteiger partial charge < -0.3 is 10.5 Å². The van der Waals surface area contributed by atoms with Crippen molar-refractivity contribution in [3.05, 3.63) is 58.1 Å². The highest BCUT2D eigenvalue weighted by atomic mass is 79.9. The molecule has 0 spiro atoms. The standard InChI is InChI=1S/C14H12BrF2NO/c15-10-5-12(17)8-14(6-10)19-13-4-9(1-2-18)3-11(16)7-13/h3-8H,1-2,18H2. The molecule has 0 amide bonds. The monoisotopic (exact) mass is 327 g/mol. The van der Waals surface area contributed by atoms with Crippen LogP contribution in [0.15, 0.2) is 40.9 Å². The Morgan fingerprint density at radius 1 is 0.947 bits per heavy atom. The van der Waals surface area contributed by atoms with Crippen LogP contribution in [0.25, 0.3) is 0 Å². The molecule has 0 aliphatic heterocycles. The van der Waals surface area contributed by atoms with Crippen LogP contribution < -0.4 is 10.5 Å². The molecule has 0 atom stereocenters. The van der Waals surface area contributed by atoms with E-state index in [1.54, 1.807) is 12.1 Å². The molecule has 0 unspecified atom stereocenters. The van der Waals surface area contributed by atoms with Crippen molar-refractivity contribution in [1.29, 1.82) is 0 Å². The summed E-state index contributed by atoms with van der Waals surface area (Å²) in [5, 5.41) is 0. The number of rotatable bonds is 4. The smallest absolute Gasteiger partial charge is 0.131 e. The predicted molar refractivity (Wildman–Crippen MR) is 73.3 cm³/mol. The van der Waals surface area contributed by atoms with Crippen molar-refractivity contribution in [2.75, 3.05) is 6.54 Å². The lowest BCUT2D eigenvalue weighted by atomic mass is 10.1. The minimum atomic E-state index is -0.428. The lowest BCUT2D eigenvalue weighted by Gasteiger charge is -2.08. The maximum absolute atomic E-state index is 13.4. The molecule has 100 valence electrons. The summed E-state index contributed by atoms with van der Waals surface area (Å²) < 4.78 is 32.6. The van der Waals surface area contributed by atoms with E-state index in [0.717, 1.165) is 5.56 Å². The fourth-order valence-corrected chi connectivity index (χ4v) is 2.16. The van der Waals surface area contributed by atoms with Gasteiger partial charge in [-0.2, -0.15) is 0 Å². The average molecular weight is 328 g/mol. The van der Waals surface area contributed by atoms with Crippen molar-refractivity contribution in [2.45, 2.75) is 6.42 Å². The molecular weight excluding hydrogens is 316 g/mol. The van der Waals surface area contributed by atoms with Crippen LogP contribution in [0.1, 0.15) is 5.56 Å². The average Bonchev–Trinajstić information content (AvgIpc) is 2.26. The van der Waals surface area contributed by atoms with Crippen LogP contribution in [-0.2, 0) is 6.42 Å². The minimum Gasteiger partial charge on any atom is -0.457 e. The third kappa shape index (κ3) is 4.01. The summed E-state index contributed by atoms with van der Waals surface area (Å²) >= 11 is 3.17. The van der Waals surface area contributed by atoms with Crippen LogP contribution in [0.4, 0.5) is 8.78 Å². The molecular formula is C14H12BrF2NO. The van der Waals surface area contributed by atoms with E-state index in [-0.39, 0.29) is 0 Å². The lowest BCUT2D eigenvalue weighted by molar-refractivity contribution is 0.470. The molecule has 5 heteroatoms. The van der Waals surface area contributed by atoms with Crippen LogP contribution >= 0.6 is 15.9 Å². The number of nitrogens with two attached hydrogens (primary N) is 1. The molecule has 2 rings (SSSR count). The molecule has 0 heterocycles. The van der Waals surface area contributed by atoms with Crippen molar-refractivity contribution < 1.29 is 13.5 Å². The van der Waals surface area contributed by atoms with Gasteiger partial charge in [0.2, 0.25) is 0 Å². The van der Waals surface area contributed by atoms with Crippen molar-refractivity contribution in [1.82, 2.24) is 0 Å². The predicted octanol–water partition coefficient (Wildman–Crippen LogP) is 4.02. The zero-order valence-corrected chi connectivity index (χ0v) is 11.6. The Hall–Kier alpha value is -1.46. The van der Waals surface area contributed by atoms with Gasteiger partial charge in [0.25, 0.3) is 0 Å². The largest absolute Gasteiger partial charge is 0.457 e. The summed E-state index contributed by atoms with van der Waals surface area (Å²) in [5.74, 6) is -0.212. The summed E-state index contributed by atoms with van der Waals surface area (Å²) in [7, 11) is 0. The highest BCUT2D eigenvalue weighted by molar-refractivity contribution is 9.10. The molecule has 0 aliphatic rings. The second-order valence-electron chi connectivity index (χ2n) is 4.04. The molecule has 0 radical (unpaired) electrons. The number of hydrogen-bond acceptors (Lipinski definition) is 2. The highest BCUT2D eigenvalue weighted by Gasteiger charge is 2.05. The summed E-state index contributed by atoms with van der Waals surface area (Å²) in [5.41, 5.74) is 6.18. The van der Waals surface area contributed by atoms with Crippen molar-refractivity contribution in [2.24, 2.45) is 5.73 Å². The van der Waals surface area contributed by atoms with Gasteiger partial charge in [-0.3, -0.25) is 0 Å². The molecule has 0 saturated heterocycles. The van der Waals surface area contributed by atoms with Crippen molar-refractivity contribution >= 4 is 15.9 Å². The van der Waals surface area contributed by atoms with Crippen LogP contribution in [0, 0.1) is 11.6 Å². The fourth-order valence-electron chi connectivity index (χ4n) is 1.71. The first-order chi connectivity index (χ1) is 9.06. The van der Waals surface area contributed by atoms with Crippen LogP contribution in [-0.4, -0.2) is 6.54 Å². The van der Waals surface area contributed by atoms with Gasteiger partial charge in [-0.1, -0.05) is 15.9 Å². The first-order valence-electron chi connectivity index (χ1n) is 5.70. The summed E-state index contributed by atoms with van der Waals surface area (Å²) in [6, 6.07) is 8.50. The van der Waals surface area contributed by atoms with Crippen molar-refractivity contribution in [3.63, 3.8) is 0 Å². The number of benzene rings is 2. The van der Waals surface area contributed by atoms with Crippen LogP contribution in [0.3, 0.4) is 0 Å². The van der Waals surface area contributed by atoms with E-state index in [2.05, 4.69) is 15.9 Å². The molecule has 0 fully saturated rings. The summed E-state index contributed by atoms with van der Waals surface area (Å²) in [4.78, 5) is 0. The topological polar surface area (TPSA) is 35.2 Å². The third-order valence-electron chi connectivity index (χ3n) is 2.44. The van der Waals surface area contributed by atoms with Crippen molar-refractivity contribution in [3.8, 4) is 11.5 Å². The quantitative estimate of drug-likeness (QED) is 0.920. The van der Waals surface area contributed by atoms with Gasteiger partial charge in [-0.15, -0.1) is 0 Å². The summed E-state index contributed by atoms with van der Waals surface area (Å²) in [6.45, 7) is 0.425. The van der Waals surface area contributed by atoms with Gasteiger partial charge in [0, 0.05) is 16.6 Å². The number of halogens is 3. The van der Waals surface area contributed by atoms with Gasteiger partial charge in [-0.05, 0) is 42.8 Å². The lowest BCUT2D eigenvalue weighted by Crippen LogP contribution is -2.03. The number of ether oxygens (including phenoxy) is 1. The van der Waals surface area contributed by atoms with E-state index in [9.17, 15) is 8.78 Å². The van der Waals surface area contributed by atoms with Gasteiger partial charge in [0.15, 0.2) is 0 Å². The first kappa shape index (κ1) is 14.0. The van der Waals surface area contributed by atoms with Gasteiger partial charge >= 0.3 is 0 Å². The molecule has 0 bridgehead atoms. The van der Waals surface area contributed by atoms with E-state index < -0.39 is 11.6 Å². The maximum atomic E-state index is 13.4. The van der Waals surface area contributed by atoms with Crippen LogP contribution in [0.5, 0.6) is 11.5 Å². The van der Waals surface area contributed by atoms with E-state index in [4.69, 9.17) is 10.5 Å². The maximum Gasteiger partial charge on any atom is 0.131 e. The zero-order valence-electron chi connectivity index (χ0n) is 10.00. The van der Waals surface area contributed by atoms with Gasteiger partial charge in [0.05, 0.1) is 0 Å². The number of hydrogen-bond donors (Lipinski definition) is 1. The highest BCUT2D eigenvalue weighted by Crippen LogP contribution is 2.27. The SMILES string of the molecule is NCCc1cc(F)cc(Oc2cc(F)cc(Br)c2)c1. The van der Waals surface area contributed by atoms with E-state index in [1.165, 1.54) is 24.3 Å². The molecule has 0 aromatic heterocycles. The zero-order chi connectivity index (χ0) is 13.8. The van der Waals surface area contributed by atoms with Gasteiger partial charge in [-0.25, -0.2) is 8.78 Å².